The molecule has 1 aliphatic heterocycles. The van der Waals surface area contributed by atoms with Crippen LogP contribution in [0.5, 0.6) is 0 Å². The van der Waals surface area contributed by atoms with Crippen LogP contribution in [0.2, 0.25) is 0 Å². The zero-order valence-corrected chi connectivity index (χ0v) is 24.2. The minimum absolute atomic E-state index is 0.123. The number of hydrogen-bond acceptors (Lipinski definition) is 7. The topological polar surface area (TPSA) is 124 Å². The molecule has 3 fully saturated rings. The van der Waals surface area contributed by atoms with Gasteiger partial charge in [0.05, 0.1) is 37.2 Å². The van der Waals surface area contributed by atoms with Crippen molar-refractivity contribution >= 4 is 23.6 Å². The van der Waals surface area contributed by atoms with Crippen molar-refractivity contribution in [3.05, 3.63) is 65.6 Å². The molecule has 234 valence electrons. The quantitative estimate of drug-likeness (QED) is 0.254. The van der Waals surface area contributed by atoms with Crippen molar-refractivity contribution < 1.29 is 37.0 Å². The number of nitrogens with zero attached hydrogens (tertiary/aromatic N) is 3. The number of piperidine rings is 1. The average molecular weight is 614 g/mol. The molecule has 1 saturated heterocycles. The third-order valence-corrected chi connectivity index (χ3v) is 9.00. The number of amides is 2. The number of esters is 1. The maximum absolute atomic E-state index is 13.6. The lowest BCUT2D eigenvalue weighted by Crippen LogP contribution is -2.57. The van der Waals surface area contributed by atoms with E-state index in [-0.39, 0.29) is 18.9 Å². The van der Waals surface area contributed by atoms with Gasteiger partial charge in [0.25, 0.3) is 0 Å². The van der Waals surface area contributed by atoms with E-state index in [9.17, 15) is 27.6 Å². The Morgan fingerprint density at radius 1 is 1.14 bits per heavy atom. The van der Waals surface area contributed by atoms with Crippen LogP contribution in [0.15, 0.2) is 48.8 Å². The van der Waals surface area contributed by atoms with Gasteiger partial charge in [0.1, 0.15) is 6.61 Å². The molecule has 6 rings (SSSR count). The third kappa shape index (κ3) is 6.22. The molecule has 3 heterocycles. The number of fused-ring (bicyclic) bond motifs is 1. The maximum atomic E-state index is 13.6. The first-order chi connectivity index (χ1) is 21.1. The van der Waals surface area contributed by atoms with E-state index in [2.05, 4.69) is 15.7 Å². The fraction of sp³-hybridized carbons (Fsp3) is 0.516. The molecule has 44 heavy (non-hydrogen) atoms. The van der Waals surface area contributed by atoms with Crippen LogP contribution in [0, 0.1) is 29.1 Å². The van der Waals surface area contributed by atoms with Gasteiger partial charge in [-0.1, -0.05) is 30.3 Å². The van der Waals surface area contributed by atoms with Crippen molar-refractivity contribution in [3.63, 3.8) is 0 Å². The number of ether oxygens (including phenoxy) is 2. The summed E-state index contributed by atoms with van der Waals surface area (Å²) in [6, 6.07) is 10.5. The fourth-order valence-electron chi connectivity index (χ4n) is 6.48. The summed E-state index contributed by atoms with van der Waals surface area (Å²) in [7, 11) is 1.05. The first-order valence-corrected chi connectivity index (χ1v) is 14.8. The van der Waals surface area contributed by atoms with Crippen LogP contribution in [0.25, 0.3) is 5.65 Å². The van der Waals surface area contributed by atoms with Crippen LogP contribution in [0.4, 0.5) is 18.0 Å². The molecule has 2 aromatic heterocycles. The average Bonchev–Trinajstić information content (AvgIpc) is 3.95. The van der Waals surface area contributed by atoms with Crippen molar-refractivity contribution in [2.24, 2.45) is 29.1 Å². The first-order valence-electron chi connectivity index (χ1n) is 14.8. The predicted molar refractivity (Wildman–Crippen MR) is 150 cm³/mol. The minimum atomic E-state index is -4.60. The highest BCUT2D eigenvalue weighted by Gasteiger charge is 2.56. The van der Waals surface area contributed by atoms with Gasteiger partial charge in [0.2, 0.25) is 5.91 Å². The molecule has 2 amide bonds. The summed E-state index contributed by atoms with van der Waals surface area (Å²) in [6.45, 7) is -0.481. The number of halogens is 3. The summed E-state index contributed by atoms with van der Waals surface area (Å²) < 4.78 is 52.8. The van der Waals surface area contributed by atoms with Crippen LogP contribution in [-0.2, 0) is 32.1 Å². The molecule has 3 aliphatic rings. The normalized spacial score (nSPS) is 22.8. The SMILES string of the molecule is COC(=O)C1(Cc2cnn3cc([C@@H](NC(=O)OCc4ccccc4)C(C4CC4)C4CC4)nc3c2)C[C@H](C(F)(F)F)CNC1=O. The fourth-order valence-corrected chi connectivity index (χ4v) is 6.48. The van der Waals surface area contributed by atoms with Crippen LogP contribution < -0.4 is 10.6 Å². The molecule has 0 radical (unpaired) electrons. The number of imidazole rings is 1. The molecule has 2 aliphatic carbocycles. The lowest BCUT2D eigenvalue weighted by molar-refractivity contribution is -0.195. The van der Waals surface area contributed by atoms with E-state index in [1.54, 1.807) is 12.3 Å². The van der Waals surface area contributed by atoms with Crippen LogP contribution in [-0.4, -0.2) is 52.4 Å². The molecule has 3 aromatic rings. The number of aromatic nitrogens is 3. The Balaban J connectivity index is 1.27. The molecule has 13 heteroatoms. The predicted octanol–water partition coefficient (Wildman–Crippen LogP) is 4.53. The number of carbonyl (C=O) groups is 3. The molecule has 0 bridgehead atoms. The number of benzene rings is 1. The van der Waals surface area contributed by atoms with Gasteiger partial charge < -0.3 is 20.1 Å². The number of alkyl halides is 3. The maximum Gasteiger partial charge on any atom is 0.408 e. The second-order valence-corrected chi connectivity index (χ2v) is 12.2. The Hall–Kier alpha value is -4.16. The number of rotatable bonds is 10. The molecule has 3 atom stereocenters. The number of methoxy groups -OCH3 is 1. The highest BCUT2D eigenvalue weighted by atomic mass is 19.4. The Kier molecular flexibility index (Phi) is 7.97. The molecule has 1 unspecified atom stereocenters. The van der Waals surface area contributed by atoms with Crippen molar-refractivity contribution in [2.75, 3.05) is 13.7 Å². The van der Waals surface area contributed by atoms with Gasteiger partial charge in [-0.15, -0.1) is 0 Å². The van der Waals surface area contributed by atoms with Crippen molar-refractivity contribution in [1.82, 2.24) is 25.2 Å². The molecular formula is C31H34F3N5O5. The summed E-state index contributed by atoms with van der Waals surface area (Å²) in [6.07, 6.45) is 1.19. The highest BCUT2D eigenvalue weighted by molar-refractivity contribution is 6.03. The van der Waals surface area contributed by atoms with E-state index in [4.69, 9.17) is 14.5 Å². The van der Waals surface area contributed by atoms with Gasteiger partial charge in [-0.3, -0.25) is 9.59 Å². The number of nitrogens with one attached hydrogen (secondary N) is 2. The molecule has 10 nitrogen and oxygen atoms in total. The zero-order valence-electron chi connectivity index (χ0n) is 24.2. The molecular weight excluding hydrogens is 579 g/mol. The number of hydrogen-bond donors (Lipinski definition) is 2. The van der Waals surface area contributed by atoms with E-state index < -0.39 is 54.5 Å². The minimum Gasteiger partial charge on any atom is -0.468 e. The lowest BCUT2D eigenvalue weighted by Gasteiger charge is -2.38. The molecule has 1 aromatic carbocycles. The second-order valence-electron chi connectivity index (χ2n) is 12.2. The van der Waals surface area contributed by atoms with Crippen LogP contribution in [0.3, 0.4) is 0 Å². The van der Waals surface area contributed by atoms with E-state index >= 15 is 0 Å². The standard InChI is InChI=1S/C31H34F3N5O5/c1-43-28(41)30(13-22(31(32,33)34)15-35-27(30)40)12-19-11-24-37-23(16-39(24)36-14-19)26(25(20-7-8-20)21-9-10-21)38-29(42)44-17-18-5-3-2-4-6-18/h2-6,11,14,16,20-22,25-26H,7-10,12-13,15,17H2,1H3,(H,35,40)(H,38,42)/t22-,26+,30?/m0/s1. The highest BCUT2D eigenvalue weighted by Crippen LogP contribution is 2.54. The van der Waals surface area contributed by atoms with E-state index in [1.165, 1.54) is 10.7 Å². The van der Waals surface area contributed by atoms with Crippen molar-refractivity contribution in [3.8, 4) is 0 Å². The van der Waals surface area contributed by atoms with Crippen LogP contribution >= 0.6 is 0 Å². The van der Waals surface area contributed by atoms with Gasteiger partial charge in [0.15, 0.2) is 11.1 Å². The Morgan fingerprint density at radius 2 is 1.84 bits per heavy atom. The monoisotopic (exact) mass is 613 g/mol. The van der Waals surface area contributed by atoms with Crippen LogP contribution in [0.1, 0.15) is 55.0 Å². The smallest absolute Gasteiger partial charge is 0.408 e. The Labute approximate surface area is 251 Å². The number of alkyl carbamates (subject to hydrolysis) is 1. The zero-order chi connectivity index (χ0) is 31.1. The summed E-state index contributed by atoms with van der Waals surface area (Å²) in [4.78, 5) is 43.6. The van der Waals surface area contributed by atoms with Crippen molar-refractivity contribution in [2.45, 2.75) is 57.3 Å². The Bertz CT molecular complexity index is 1520. The van der Waals surface area contributed by atoms with Gasteiger partial charge in [-0.2, -0.15) is 18.3 Å². The van der Waals surface area contributed by atoms with Gasteiger partial charge >= 0.3 is 18.2 Å². The van der Waals surface area contributed by atoms with Crippen molar-refractivity contribution in [1.29, 1.82) is 0 Å². The number of carbonyl (C=O) groups excluding carboxylic acids is 3. The summed E-state index contributed by atoms with van der Waals surface area (Å²) >= 11 is 0. The molecule has 0 spiro atoms. The van der Waals surface area contributed by atoms with E-state index in [1.807, 2.05) is 30.3 Å². The van der Waals surface area contributed by atoms with E-state index in [0.717, 1.165) is 38.4 Å². The lowest BCUT2D eigenvalue weighted by atomic mass is 9.71. The Morgan fingerprint density at radius 3 is 2.48 bits per heavy atom. The second kappa shape index (κ2) is 11.7. The summed E-state index contributed by atoms with van der Waals surface area (Å²) in [5, 5.41) is 9.71. The van der Waals surface area contributed by atoms with E-state index in [0.29, 0.717) is 28.7 Å². The third-order valence-electron chi connectivity index (χ3n) is 9.00. The molecule has 2 N–H and O–H groups in total. The summed E-state index contributed by atoms with van der Waals surface area (Å²) in [5.74, 6) is -2.66. The summed E-state index contributed by atoms with van der Waals surface area (Å²) in [5.41, 5.74) is 0.104. The largest absolute Gasteiger partial charge is 0.468 e. The van der Waals surface area contributed by atoms with Gasteiger partial charge in [0, 0.05) is 6.54 Å². The van der Waals surface area contributed by atoms with Gasteiger partial charge in [-0.05, 0) is 73.5 Å². The van der Waals surface area contributed by atoms with Gasteiger partial charge in [-0.25, -0.2) is 14.3 Å². The molecule has 2 saturated carbocycles. The first kappa shape index (κ1) is 29.9.